The molecule has 1 aliphatic rings. The summed E-state index contributed by atoms with van der Waals surface area (Å²) >= 11 is 0. The van der Waals surface area contributed by atoms with E-state index < -0.39 is 0 Å². The molecule has 0 radical (unpaired) electrons. The molecule has 0 bridgehead atoms. The predicted octanol–water partition coefficient (Wildman–Crippen LogP) is 3.18. The Bertz CT molecular complexity index is 387. The molecule has 16 heavy (non-hydrogen) atoms. The number of ketones is 1. The molecular weight excluding hydrogens is 202 g/mol. The molecule has 1 rings (SSSR count). The van der Waals surface area contributed by atoms with Crippen LogP contribution in [0.5, 0.6) is 0 Å². The van der Waals surface area contributed by atoms with Crippen molar-refractivity contribution in [3.8, 4) is 0 Å². The van der Waals surface area contributed by atoms with Gasteiger partial charge in [-0.15, -0.1) is 0 Å². The summed E-state index contributed by atoms with van der Waals surface area (Å²) in [6.45, 7) is 7.57. The highest BCUT2D eigenvalue weighted by molar-refractivity contribution is 6.22. The van der Waals surface area contributed by atoms with Crippen LogP contribution in [-0.2, 0) is 4.79 Å². The molecule has 1 N–H and O–H groups in total. The van der Waals surface area contributed by atoms with Crippen molar-refractivity contribution in [2.75, 3.05) is 0 Å². The number of aliphatic imine (C=N–C) groups is 1. The van der Waals surface area contributed by atoms with E-state index in [0.29, 0.717) is 24.1 Å². The first-order valence-corrected chi connectivity index (χ1v) is 5.48. The van der Waals surface area contributed by atoms with Gasteiger partial charge in [0, 0.05) is 19.0 Å². The van der Waals surface area contributed by atoms with Crippen LogP contribution in [0.25, 0.3) is 0 Å². The fourth-order valence-electron chi connectivity index (χ4n) is 1.95. The van der Waals surface area contributed by atoms with Crippen LogP contribution in [0.15, 0.2) is 28.6 Å². The Morgan fingerprint density at radius 1 is 1.44 bits per heavy atom. The summed E-state index contributed by atoms with van der Waals surface area (Å²) in [6, 6.07) is 0. The van der Waals surface area contributed by atoms with E-state index in [1.54, 1.807) is 19.2 Å². The Balaban J connectivity index is 3.08. The lowest BCUT2D eigenvalue weighted by molar-refractivity contribution is -0.117. The summed E-state index contributed by atoms with van der Waals surface area (Å²) in [7, 11) is 0. The van der Waals surface area contributed by atoms with Crippen LogP contribution in [-0.4, -0.2) is 16.6 Å². The second-order valence-electron chi connectivity index (χ2n) is 4.96. The molecule has 0 spiro atoms. The Kier molecular flexibility index (Phi) is 3.68. The third-order valence-corrected chi connectivity index (χ3v) is 2.63. The smallest absolute Gasteiger partial charge is 0.168 e. The van der Waals surface area contributed by atoms with Gasteiger partial charge in [0.15, 0.2) is 5.78 Å². The third kappa shape index (κ3) is 2.81. The van der Waals surface area contributed by atoms with Gasteiger partial charge in [-0.1, -0.05) is 19.9 Å². The van der Waals surface area contributed by atoms with Crippen molar-refractivity contribution in [2.24, 2.45) is 10.4 Å². The van der Waals surface area contributed by atoms with Crippen LogP contribution in [0.1, 0.15) is 40.5 Å². The van der Waals surface area contributed by atoms with Crippen molar-refractivity contribution in [3.05, 3.63) is 23.6 Å². The zero-order chi connectivity index (χ0) is 12.3. The monoisotopic (exact) mass is 221 g/mol. The van der Waals surface area contributed by atoms with Crippen molar-refractivity contribution in [1.82, 2.24) is 0 Å². The number of hydrogen-bond donors (Lipinski definition) is 1. The number of hydrogen-bond acceptors (Lipinski definition) is 3. The summed E-state index contributed by atoms with van der Waals surface area (Å²) < 4.78 is 0. The van der Waals surface area contributed by atoms with E-state index >= 15 is 0 Å². The van der Waals surface area contributed by atoms with Crippen LogP contribution < -0.4 is 0 Å². The second kappa shape index (κ2) is 4.64. The van der Waals surface area contributed by atoms with E-state index in [4.69, 9.17) is 0 Å². The molecule has 0 fully saturated rings. The number of aliphatic hydroxyl groups is 1. The molecule has 0 aromatic carbocycles. The van der Waals surface area contributed by atoms with Gasteiger partial charge in [-0.2, -0.15) is 0 Å². The fraction of sp³-hybridized carbons (Fsp3) is 0.538. The number of Topliss-reactive ketones (excluding diaryl/α,β-unsaturated/α-hetero) is 1. The van der Waals surface area contributed by atoms with Crippen molar-refractivity contribution >= 4 is 11.5 Å². The van der Waals surface area contributed by atoms with Crippen molar-refractivity contribution in [3.63, 3.8) is 0 Å². The highest BCUT2D eigenvalue weighted by atomic mass is 16.3. The standard InChI is InChI=1S/C13H19NO2/c1-5-6-14-9(2)12-10(15)7-13(3,4)8-11(12)16/h5-6,15H,7-8H2,1-4H3. The molecule has 0 saturated carbocycles. The largest absolute Gasteiger partial charge is 0.511 e. The summed E-state index contributed by atoms with van der Waals surface area (Å²) in [5.74, 6) is 0.159. The Labute approximate surface area is 96.6 Å². The maximum Gasteiger partial charge on any atom is 0.168 e. The number of carbonyl (C=O) groups is 1. The van der Waals surface area contributed by atoms with Crippen LogP contribution in [0.3, 0.4) is 0 Å². The minimum absolute atomic E-state index is 0.0143. The molecule has 0 amide bonds. The maximum atomic E-state index is 11.9. The summed E-state index contributed by atoms with van der Waals surface area (Å²) in [6.07, 6.45) is 4.42. The average Bonchev–Trinajstić information content (AvgIpc) is 2.11. The van der Waals surface area contributed by atoms with Gasteiger partial charge in [-0.25, -0.2) is 0 Å². The molecule has 0 aromatic heterocycles. The van der Waals surface area contributed by atoms with Crippen molar-refractivity contribution in [1.29, 1.82) is 0 Å². The van der Waals surface area contributed by atoms with Crippen LogP contribution >= 0.6 is 0 Å². The molecule has 0 aromatic rings. The Morgan fingerprint density at radius 2 is 2.06 bits per heavy atom. The van der Waals surface area contributed by atoms with Crippen molar-refractivity contribution < 1.29 is 9.90 Å². The molecule has 88 valence electrons. The van der Waals surface area contributed by atoms with Crippen LogP contribution in [0, 0.1) is 5.41 Å². The molecule has 0 unspecified atom stereocenters. The van der Waals surface area contributed by atoms with Gasteiger partial charge in [0.05, 0.1) is 11.3 Å². The minimum atomic E-state index is -0.147. The van der Waals surface area contributed by atoms with Crippen LogP contribution in [0.2, 0.25) is 0 Å². The molecule has 3 heteroatoms. The van der Waals surface area contributed by atoms with Gasteiger partial charge in [-0.05, 0) is 19.3 Å². The van der Waals surface area contributed by atoms with Gasteiger partial charge in [0.25, 0.3) is 0 Å². The molecular formula is C13H19NO2. The van der Waals surface area contributed by atoms with Crippen LogP contribution in [0.4, 0.5) is 0 Å². The first-order valence-electron chi connectivity index (χ1n) is 5.48. The molecule has 1 aliphatic carbocycles. The summed E-state index contributed by atoms with van der Waals surface area (Å²) in [4.78, 5) is 16.0. The highest BCUT2D eigenvalue weighted by Crippen LogP contribution is 2.36. The lowest BCUT2D eigenvalue weighted by Gasteiger charge is -2.29. The number of allylic oxidation sites excluding steroid dienone is 3. The number of nitrogens with zero attached hydrogens (tertiary/aromatic N) is 1. The fourth-order valence-corrected chi connectivity index (χ4v) is 1.95. The summed E-state index contributed by atoms with van der Waals surface area (Å²) in [5.41, 5.74) is 0.847. The molecule has 0 saturated heterocycles. The normalized spacial score (nSPS) is 22.0. The van der Waals surface area contributed by atoms with Gasteiger partial charge in [0.1, 0.15) is 5.76 Å². The van der Waals surface area contributed by atoms with E-state index in [2.05, 4.69) is 4.99 Å². The highest BCUT2D eigenvalue weighted by Gasteiger charge is 2.33. The Morgan fingerprint density at radius 3 is 2.56 bits per heavy atom. The molecule has 3 nitrogen and oxygen atoms in total. The topological polar surface area (TPSA) is 49.7 Å². The lowest BCUT2D eigenvalue weighted by atomic mass is 9.76. The molecule has 0 aliphatic heterocycles. The van der Waals surface area contributed by atoms with E-state index in [1.807, 2.05) is 20.8 Å². The van der Waals surface area contributed by atoms with Gasteiger partial charge in [0.2, 0.25) is 0 Å². The summed E-state index contributed by atoms with van der Waals surface area (Å²) in [5, 5.41) is 9.90. The number of aliphatic hydroxyl groups excluding tert-OH is 1. The predicted molar refractivity (Wildman–Crippen MR) is 65.6 cm³/mol. The maximum absolute atomic E-state index is 11.9. The Hall–Kier alpha value is -1.38. The lowest BCUT2D eigenvalue weighted by Crippen LogP contribution is -2.28. The van der Waals surface area contributed by atoms with E-state index in [1.165, 1.54) is 0 Å². The van der Waals surface area contributed by atoms with Crippen molar-refractivity contribution in [2.45, 2.75) is 40.5 Å². The average molecular weight is 221 g/mol. The zero-order valence-electron chi connectivity index (χ0n) is 10.4. The van der Waals surface area contributed by atoms with E-state index in [0.717, 1.165) is 0 Å². The van der Waals surface area contributed by atoms with Gasteiger partial charge < -0.3 is 5.11 Å². The van der Waals surface area contributed by atoms with Gasteiger partial charge in [-0.3, -0.25) is 9.79 Å². The first kappa shape index (κ1) is 12.7. The quantitative estimate of drug-likeness (QED) is 0.728. The second-order valence-corrected chi connectivity index (χ2v) is 4.96. The number of carbonyl (C=O) groups excluding carboxylic acids is 1. The number of rotatable bonds is 2. The van der Waals surface area contributed by atoms with Gasteiger partial charge >= 0.3 is 0 Å². The van der Waals surface area contributed by atoms with E-state index in [-0.39, 0.29) is 17.0 Å². The molecule has 0 atom stereocenters. The minimum Gasteiger partial charge on any atom is -0.511 e. The van der Waals surface area contributed by atoms with E-state index in [9.17, 15) is 9.90 Å². The first-order chi connectivity index (χ1) is 7.37. The SMILES string of the molecule is CC=CN=C(C)C1=C(O)CC(C)(C)CC1=O. The third-order valence-electron chi connectivity index (χ3n) is 2.63. The zero-order valence-corrected chi connectivity index (χ0v) is 10.4. The molecule has 0 heterocycles.